The summed E-state index contributed by atoms with van der Waals surface area (Å²) in [7, 11) is 0. The van der Waals surface area contributed by atoms with Crippen LogP contribution in [0.4, 0.5) is 0 Å². The van der Waals surface area contributed by atoms with Crippen LogP contribution < -0.4 is 5.32 Å². The number of nitrogens with one attached hydrogen (secondary N) is 1. The molecule has 1 unspecified atom stereocenters. The molecule has 1 N–H and O–H groups in total. The van der Waals surface area contributed by atoms with Gasteiger partial charge in [-0.15, -0.1) is 0 Å². The van der Waals surface area contributed by atoms with Crippen molar-refractivity contribution in [3.63, 3.8) is 0 Å². The number of hydrogen-bond donors (Lipinski definition) is 1. The van der Waals surface area contributed by atoms with Gasteiger partial charge in [0.25, 0.3) is 0 Å². The Kier molecular flexibility index (Phi) is 6.29. The number of hydrogen-bond acceptors (Lipinski definition) is 3. The number of nitriles is 1. The quantitative estimate of drug-likeness (QED) is 0.697. The Morgan fingerprint density at radius 1 is 1.21 bits per heavy atom. The lowest BCUT2D eigenvalue weighted by molar-refractivity contribution is 0.164. The molecule has 1 saturated carbocycles. The molecule has 1 atom stereocenters. The van der Waals surface area contributed by atoms with E-state index in [1.165, 1.54) is 12.8 Å². The molecule has 3 heteroatoms. The molecule has 0 radical (unpaired) electrons. The molecule has 0 aliphatic heterocycles. The molecule has 0 aromatic carbocycles. The summed E-state index contributed by atoms with van der Waals surface area (Å²) >= 11 is 0. The second-order valence-electron chi connectivity index (χ2n) is 6.87. The third-order valence-corrected chi connectivity index (χ3v) is 3.69. The van der Waals surface area contributed by atoms with Gasteiger partial charge < -0.3 is 0 Å². The second-order valence-corrected chi connectivity index (χ2v) is 6.87. The van der Waals surface area contributed by atoms with Gasteiger partial charge in [0.05, 0.1) is 6.07 Å². The number of nitrogens with zero attached hydrogens (tertiary/aromatic N) is 2. The van der Waals surface area contributed by atoms with E-state index in [-0.39, 0.29) is 5.54 Å². The smallest absolute Gasteiger partial charge is 0.122 e. The highest BCUT2D eigenvalue weighted by Crippen LogP contribution is 2.40. The highest BCUT2D eigenvalue weighted by atomic mass is 15.2. The summed E-state index contributed by atoms with van der Waals surface area (Å²) in [5.41, 5.74) is -0.321. The lowest BCUT2D eigenvalue weighted by Gasteiger charge is -2.36. The molecule has 1 aliphatic carbocycles. The summed E-state index contributed by atoms with van der Waals surface area (Å²) in [4.78, 5) is 2.49. The van der Waals surface area contributed by atoms with Crippen molar-refractivity contribution in [2.45, 2.75) is 53.0 Å². The van der Waals surface area contributed by atoms with Crippen LogP contribution in [-0.4, -0.2) is 36.6 Å². The van der Waals surface area contributed by atoms with Gasteiger partial charge in [0, 0.05) is 19.6 Å². The van der Waals surface area contributed by atoms with Crippen LogP contribution in [0.5, 0.6) is 0 Å². The molecule has 0 spiro atoms. The minimum absolute atomic E-state index is 0.321. The second kappa shape index (κ2) is 7.26. The zero-order valence-corrected chi connectivity index (χ0v) is 13.4. The maximum atomic E-state index is 9.70. The molecule has 0 aromatic heterocycles. The van der Waals surface area contributed by atoms with E-state index in [2.05, 4.69) is 50.9 Å². The first-order valence-electron chi connectivity index (χ1n) is 7.82. The fraction of sp³-hybridized carbons (Fsp3) is 0.938. The molecule has 110 valence electrons. The number of likely N-dealkylation sites (N-methyl/N-ethyl adjacent to an activating group) is 1. The third kappa shape index (κ3) is 5.12. The third-order valence-electron chi connectivity index (χ3n) is 3.69. The van der Waals surface area contributed by atoms with Gasteiger partial charge in [0.1, 0.15) is 5.54 Å². The van der Waals surface area contributed by atoms with Crippen molar-refractivity contribution < 1.29 is 0 Å². The summed E-state index contributed by atoms with van der Waals surface area (Å²) < 4.78 is 0. The molecule has 0 aromatic rings. The standard InChI is InChI=1S/C16H31N3/c1-6-18-16(11-17,15-7-8-15)12-19(9-13(2)3)10-14(4)5/h13-15,18H,6-10,12H2,1-5H3. The van der Waals surface area contributed by atoms with E-state index < -0.39 is 0 Å². The Morgan fingerprint density at radius 3 is 2.05 bits per heavy atom. The molecule has 0 bridgehead atoms. The van der Waals surface area contributed by atoms with Crippen LogP contribution in [0.15, 0.2) is 0 Å². The normalized spacial score (nSPS) is 18.9. The van der Waals surface area contributed by atoms with E-state index in [0.29, 0.717) is 17.8 Å². The van der Waals surface area contributed by atoms with Gasteiger partial charge in [0.15, 0.2) is 0 Å². The van der Waals surface area contributed by atoms with E-state index in [9.17, 15) is 5.26 Å². The van der Waals surface area contributed by atoms with Crippen molar-refractivity contribution in [1.29, 1.82) is 5.26 Å². The van der Waals surface area contributed by atoms with Crippen LogP contribution in [0, 0.1) is 29.1 Å². The summed E-state index contributed by atoms with van der Waals surface area (Å²) in [6, 6.07) is 2.60. The summed E-state index contributed by atoms with van der Waals surface area (Å²) in [6.45, 7) is 15.0. The molecule has 19 heavy (non-hydrogen) atoms. The van der Waals surface area contributed by atoms with Crippen molar-refractivity contribution in [1.82, 2.24) is 10.2 Å². The minimum Gasteiger partial charge on any atom is -0.300 e. The summed E-state index contributed by atoms with van der Waals surface area (Å²) in [6.07, 6.45) is 2.41. The molecular weight excluding hydrogens is 234 g/mol. The lowest BCUT2D eigenvalue weighted by atomic mass is 9.93. The first kappa shape index (κ1) is 16.5. The highest BCUT2D eigenvalue weighted by Gasteiger charge is 2.46. The van der Waals surface area contributed by atoms with Crippen LogP contribution in [-0.2, 0) is 0 Å². The number of rotatable bonds is 9. The molecule has 1 rings (SSSR count). The van der Waals surface area contributed by atoms with Crippen LogP contribution in [0.3, 0.4) is 0 Å². The fourth-order valence-corrected chi connectivity index (χ4v) is 2.98. The summed E-state index contributed by atoms with van der Waals surface area (Å²) in [5.74, 6) is 1.85. The van der Waals surface area contributed by atoms with Gasteiger partial charge >= 0.3 is 0 Å². The molecule has 1 fully saturated rings. The average molecular weight is 265 g/mol. The summed E-state index contributed by atoms with van der Waals surface area (Å²) in [5, 5.41) is 13.2. The van der Waals surface area contributed by atoms with Crippen LogP contribution in [0.25, 0.3) is 0 Å². The van der Waals surface area contributed by atoms with E-state index >= 15 is 0 Å². The SMILES string of the molecule is CCNC(C#N)(CN(CC(C)C)CC(C)C)C1CC1. The predicted octanol–water partition coefficient (Wildman–Crippen LogP) is 2.88. The largest absolute Gasteiger partial charge is 0.300 e. The maximum absolute atomic E-state index is 9.70. The first-order chi connectivity index (χ1) is 8.93. The molecule has 1 aliphatic rings. The molecule has 3 nitrogen and oxygen atoms in total. The van der Waals surface area contributed by atoms with E-state index in [1.54, 1.807) is 0 Å². The van der Waals surface area contributed by atoms with Gasteiger partial charge in [-0.1, -0.05) is 34.6 Å². The fourth-order valence-electron chi connectivity index (χ4n) is 2.98. The van der Waals surface area contributed by atoms with Gasteiger partial charge in [-0.25, -0.2) is 0 Å². The monoisotopic (exact) mass is 265 g/mol. The molecule has 0 heterocycles. The predicted molar refractivity (Wildman–Crippen MR) is 80.9 cm³/mol. The molecule has 0 amide bonds. The van der Waals surface area contributed by atoms with E-state index in [4.69, 9.17) is 0 Å². The van der Waals surface area contributed by atoms with E-state index in [0.717, 1.165) is 26.2 Å². The van der Waals surface area contributed by atoms with Crippen molar-refractivity contribution >= 4 is 0 Å². The zero-order valence-electron chi connectivity index (χ0n) is 13.4. The lowest BCUT2D eigenvalue weighted by Crippen LogP contribution is -2.55. The van der Waals surface area contributed by atoms with E-state index in [1.807, 2.05) is 0 Å². The van der Waals surface area contributed by atoms with Crippen LogP contribution in [0.2, 0.25) is 0 Å². The Hall–Kier alpha value is -0.590. The Morgan fingerprint density at radius 2 is 1.74 bits per heavy atom. The molecule has 0 saturated heterocycles. The first-order valence-corrected chi connectivity index (χ1v) is 7.82. The van der Waals surface area contributed by atoms with Crippen LogP contribution in [0.1, 0.15) is 47.5 Å². The Balaban J connectivity index is 2.74. The van der Waals surface area contributed by atoms with Crippen molar-refractivity contribution in [3.8, 4) is 6.07 Å². The molecular formula is C16H31N3. The van der Waals surface area contributed by atoms with Gasteiger partial charge in [0.2, 0.25) is 0 Å². The average Bonchev–Trinajstić information content (AvgIpc) is 3.10. The topological polar surface area (TPSA) is 39.1 Å². The van der Waals surface area contributed by atoms with Gasteiger partial charge in [-0.2, -0.15) is 5.26 Å². The minimum atomic E-state index is -0.321. The van der Waals surface area contributed by atoms with Crippen LogP contribution >= 0.6 is 0 Å². The van der Waals surface area contributed by atoms with Crippen molar-refractivity contribution in [3.05, 3.63) is 0 Å². The Bertz CT molecular complexity index is 292. The highest BCUT2D eigenvalue weighted by molar-refractivity contribution is 5.16. The van der Waals surface area contributed by atoms with Crippen molar-refractivity contribution in [2.24, 2.45) is 17.8 Å². The van der Waals surface area contributed by atoms with Gasteiger partial charge in [-0.3, -0.25) is 10.2 Å². The van der Waals surface area contributed by atoms with Gasteiger partial charge in [-0.05, 0) is 37.1 Å². The Labute approximate surface area is 119 Å². The van der Waals surface area contributed by atoms with Crippen molar-refractivity contribution in [2.75, 3.05) is 26.2 Å². The zero-order chi connectivity index (χ0) is 14.5. The maximum Gasteiger partial charge on any atom is 0.122 e.